The maximum Gasteiger partial charge on any atom is 0.223 e. The number of hydrogen-bond donors (Lipinski definition) is 2. The minimum absolute atomic E-state index is 0.136. The largest absolute Gasteiger partial charge is 0.355 e. The smallest absolute Gasteiger partial charge is 0.223 e. The van der Waals surface area contributed by atoms with Crippen LogP contribution < -0.4 is 10.6 Å². The summed E-state index contributed by atoms with van der Waals surface area (Å²) in [7, 11) is 0. The molecule has 1 aliphatic heterocycles. The van der Waals surface area contributed by atoms with Gasteiger partial charge >= 0.3 is 0 Å². The maximum absolute atomic E-state index is 11.9. The van der Waals surface area contributed by atoms with Gasteiger partial charge in [0.05, 0.1) is 0 Å². The van der Waals surface area contributed by atoms with Crippen LogP contribution in [0, 0.1) is 5.92 Å². The van der Waals surface area contributed by atoms with E-state index in [1.54, 1.807) is 0 Å². The van der Waals surface area contributed by atoms with E-state index in [9.17, 15) is 4.79 Å². The second kappa shape index (κ2) is 5.77. The van der Waals surface area contributed by atoms with Crippen LogP contribution in [0.25, 0.3) is 0 Å². The minimum Gasteiger partial charge on any atom is -0.355 e. The van der Waals surface area contributed by atoms with Crippen molar-refractivity contribution in [2.45, 2.75) is 32.2 Å². The first-order valence-corrected chi connectivity index (χ1v) is 6.02. The van der Waals surface area contributed by atoms with Crippen LogP contribution in [0.3, 0.4) is 0 Å². The van der Waals surface area contributed by atoms with Crippen LogP contribution in [-0.4, -0.2) is 35.2 Å². The number of nitrogens with one attached hydrogen (secondary N) is 2. The molecule has 2 atom stereocenters. The Labute approximate surface area is 100 Å². The third-order valence-corrected chi connectivity index (χ3v) is 3.05. The van der Waals surface area contributed by atoms with Crippen LogP contribution in [0.1, 0.15) is 25.6 Å². The average molecular weight is 238 g/mol. The van der Waals surface area contributed by atoms with Gasteiger partial charge in [-0.15, -0.1) is 0 Å². The Bertz CT molecular complexity index is 352. The van der Waals surface area contributed by atoms with E-state index in [-0.39, 0.29) is 11.8 Å². The Hall–Kier alpha value is -1.43. The van der Waals surface area contributed by atoms with Crippen LogP contribution >= 0.6 is 0 Å². The lowest BCUT2D eigenvalue weighted by Gasteiger charge is -2.27. The number of hydrogen-bond acceptors (Lipinski definition) is 5. The molecule has 1 aliphatic rings. The fourth-order valence-electron chi connectivity index (χ4n) is 2.11. The molecular formula is C11H18N4O2. The minimum atomic E-state index is 0.136. The molecule has 0 bridgehead atoms. The molecule has 1 aromatic heterocycles. The highest BCUT2D eigenvalue weighted by Gasteiger charge is 2.24. The van der Waals surface area contributed by atoms with Crippen molar-refractivity contribution in [3.05, 3.63) is 12.2 Å². The van der Waals surface area contributed by atoms with Crippen LogP contribution in [0.15, 0.2) is 10.9 Å². The quantitative estimate of drug-likeness (QED) is 0.778. The van der Waals surface area contributed by atoms with E-state index in [4.69, 9.17) is 0 Å². The Morgan fingerprint density at radius 2 is 2.59 bits per heavy atom. The Morgan fingerprint density at radius 3 is 3.29 bits per heavy atom. The summed E-state index contributed by atoms with van der Waals surface area (Å²) < 4.78 is 4.62. The van der Waals surface area contributed by atoms with E-state index in [1.165, 1.54) is 6.39 Å². The van der Waals surface area contributed by atoms with Crippen molar-refractivity contribution in [1.29, 1.82) is 0 Å². The average Bonchev–Trinajstić information content (AvgIpc) is 2.82. The van der Waals surface area contributed by atoms with Gasteiger partial charge in [0.15, 0.2) is 5.82 Å². The van der Waals surface area contributed by atoms with Crippen molar-refractivity contribution >= 4 is 5.91 Å². The van der Waals surface area contributed by atoms with Gasteiger partial charge in [0, 0.05) is 24.9 Å². The molecule has 1 aromatic rings. The molecule has 0 aromatic carbocycles. The number of nitrogens with zero attached hydrogens (tertiary/aromatic N) is 2. The molecule has 1 saturated heterocycles. The molecule has 0 aliphatic carbocycles. The van der Waals surface area contributed by atoms with Crippen molar-refractivity contribution in [3.8, 4) is 0 Å². The molecule has 1 fully saturated rings. The molecular weight excluding hydrogens is 220 g/mol. The molecule has 0 saturated carbocycles. The van der Waals surface area contributed by atoms with Gasteiger partial charge in [-0.1, -0.05) is 5.16 Å². The number of carbonyl (C=O) groups is 1. The van der Waals surface area contributed by atoms with Crippen molar-refractivity contribution in [1.82, 2.24) is 20.8 Å². The van der Waals surface area contributed by atoms with Crippen LogP contribution in [0.2, 0.25) is 0 Å². The van der Waals surface area contributed by atoms with E-state index in [0.717, 1.165) is 19.4 Å². The molecule has 2 unspecified atom stereocenters. The van der Waals surface area contributed by atoms with E-state index in [0.29, 0.717) is 24.8 Å². The van der Waals surface area contributed by atoms with Crippen LogP contribution in [0.5, 0.6) is 0 Å². The molecule has 0 radical (unpaired) electrons. The van der Waals surface area contributed by atoms with Gasteiger partial charge in [0.2, 0.25) is 12.3 Å². The Balaban J connectivity index is 1.70. The number of amides is 1. The summed E-state index contributed by atoms with van der Waals surface area (Å²) in [5, 5.41) is 9.95. The molecule has 2 N–H and O–H groups in total. The lowest BCUT2D eigenvalue weighted by molar-refractivity contribution is -0.126. The number of piperidine rings is 1. The summed E-state index contributed by atoms with van der Waals surface area (Å²) >= 11 is 0. The summed E-state index contributed by atoms with van der Waals surface area (Å²) in [6.07, 6.45) is 3.74. The zero-order valence-electron chi connectivity index (χ0n) is 9.98. The van der Waals surface area contributed by atoms with Crippen molar-refractivity contribution in [2.75, 3.05) is 13.1 Å². The van der Waals surface area contributed by atoms with Crippen molar-refractivity contribution in [3.63, 3.8) is 0 Å². The highest BCUT2D eigenvalue weighted by Crippen LogP contribution is 2.15. The third-order valence-electron chi connectivity index (χ3n) is 3.05. The highest BCUT2D eigenvalue weighted by molar-refractivity contribution is 5.78. The number of aromatic nitrogens is 2. The van der Waals surface area contributed by atoms with Gasteiger partial charge in [-0.25, -0.2) is 0 Å². The predicted octanol–water partition coefficient (Wildman–Crippen LogP) is 0.116. The van der Waals surface area contributed by atoms with E-state index in [2.05, 4.69) is 32.2 Å². The summed E-state index contributed by atoms with van der Waals surface area (Å²) in [6.45, 7) is 3.60. The van der Waals surface area contributed by atoms with E-state index < -0.39 is 0 Å². The summed E-state index contributed by atoms with van der Waals surface area (Å²) in [5.41, 5.74) is 0. The zero-order valence-corrected chi connectivity index (χ0v) is 9.98. The normalized spacial score (nSPS) is 24.5. The summed E-state index contributed by atoms with van der Waals surface area (Å²) in [4.78, 5) is 15.8. The molecule has 2 rings (SSSR count). The zero-order chi connectivity index (χ0) is 12.1. The first-order valence-electron chi connectivity index (χ1n) is 6.02. The predicted molar refractivity (Wildman–Crippen MR) is 61.2 cm³/mol. The standard InChI is InChI=1S/C11H18N4O2/c1-8-6-9(2-4-12-8)11(16)13-5-3-10-14-7-17-15-10/h7-9,12H,2-6H2,1H3,(H,13,16). The lowest BCUT2D eigenvalue weighted by Crippen LogP contribution is -2.42. The topological polar surface area (TPSA) is 80.1 Å². The second-order valence-electron chi connectivity index (χ2n) is 4.46. The van der Waals surface area contributed by atoms with E-state index >= 15 is 0 Å². The lowest BCUT2D eigenvalue weighted by atomic mass is 9.92. The van der Waals surface area contributed by atoms with Gasteiger partial charge in [-0.05, 0) is 26.3 Å². The van der Waals surface area contributed by atoms with Gasteiger partial charge in [0.25, 0.3) is 0 Å². The van der Waals surface area contributed by atoms with Crippen molar-refractivity contribution in [2.24, 2.45) is 5.92 Å². The SMILES string of the molecule is CC1CC(C(=O)NCCc2ncon2)CCN1. The first kappa shape index (κ1) is 12.0. The Kier molecular flexibility index (Phi) is 4.08. The van der Waals surface area contributed by atoms with E-state index in [1.807, 2.05) is 0 Å². The summed E-state index contributed by atoms with van der Waals surface area (Å²) in [5.74, 6) is 0.905. The Morgan fingerprint density at radius 1 is 1.71 bits per heavy atom. The second-order valence-corrected chi connectivity index (χ2v) is 4.46. The molecule has 6 nitrogen and oxygen atoms in total. The maximum atomic E-state index is 11.9. The summed E-state index contributed by atoms with van der Waals surface area (Å²) in [6, 6.07) is 0.428. The molecule has 94 valence electrons. The van der Waals surface area contributed by atoms with Gasteiger partial charge < -0.3 is 15.2 Å². The fourth-order valence-corrected chi connectivity index (χ4v) is 2.11. The van der Waals surface area contributed by atoms with Gasteiger partial charge in [-0.2, -0.15) is 4.98 Å². The van der Waals surface area contributed by atoms with Crippen molar-refractivity contribution < 1.29 is 9.32 Å². The molecule has 1 amide bonds. The fraction of sp³-hybridized carbons (Fsp3) is 0.727. The molecule has 6 heteroatoms. The van der Waals surface area contributed by atoms with Crippen LogP contribution in [-0.2, 0) is 11.2 Å². The third kappa shape index (κ3) is 3.52. The van der Waals surface area contributed by atoms with Gasteiger partial charge in [0.1, 0.15) is 0 Å². The first-order chi connectivity index (χ1) is 8.25. The number of rotatable bonds is 4. The molecule has 2 heterocycles. The van der Waals surface area contributed by atoms with Gasteiger partial charge in [-0.3, -0.25) is 4.79 Å². The molecule has 0 spiro atoms. The van der Waals surface area contributed by atoms with Crippen LogP contribution in [0.4, 0.5) is 0 Å². The molecule has 17 heavy (non-hydrogen) atoms. The highest BCUT2D eigenvalue weighted by atomic mass is 16.5. The monoisotopic (exact) mass is 238 g/mol. The number of carbonyl (C=O) groups excluding carboxylic acids is 1.